The Kier molecular flexibility index (Phi) is 6.34. The molecular weight excluding hydrogens is 388 g/mol. The Morgan fingerprint density at radius 3 is 2.00 bits per heavy atom. The summed E-state index contributed by atoms with van der Waals surface area (Å²) in [5, 5.41) is 0. The zero-order valence-electron chi connectivity index (χ0n) is 16.3. The molecule has 3 aromatic rings. The minimum atomic E-state index is -3.80. The summed E-state index contributed by atoms with van der Waals surface area (Å²) in [5.74, 6) is 0.218. The largest absolute Gasteiger partial charge is 0.489 e. The van der Waals surface area contributed by atoms with E-state index in [1.807, 2.05) is 44.2 Å². The van der Waals surface area contributed by atoms with Crippen molar-refractivity contribution >= 4 is 16.3 Å². The van der Waals surface area contributed by atoms with E-state index >= 15 is 0 Å². The first-order valence-corrected chi connectivity index (χ1v) is 10.6. The molecule has 3 rings (SSSR count). The summed E-state index contributed by atoms with van der Waals surface area (Å²) in [4.78, 5) is 10.6. The molecule has 0 spiro atoms. The van der Waals surface area contributed by atoms with Gasteiger partial charge in [0.05, 0.1) is 4.90 Å². The van der Waals surface area contributed by atoms with E-state index < -0.39 is 9.84 Å². The van der Waals surface area contributed by atoms with Crippen molar-refractivity contribution in [2.75, 3.05) is 13.2 Å². The molecule has 0 aromatic heterocycles. The van der Waals surface area contributed by atoms with Crippen molar-refractivity contribution in [1.82, 2.24) is 0 Å². The summed E-state index contributed by atoms with van der Waals surface area (Å²) >= 11 is 0. The summed E-state index contributed by atoms with van der Waals surface area (Å²) in [5.41, 5.74) is 3.77. The first-order valence-electron chi connectivity index (χ1n) is 9.13. The molecule has 0 amide bonds. The lowest BCUT2D eigenvalue weighted by molar-refractivity contribution is -0.129. The first kappa shape index (κ1) is 20.6. The van der Waals surface area contributed by atoms with Crippen molar-refractivity contribution in [3.8, 4) is 16.9 Å². The zero-order valence-corrected chi connectivity index (χ0v) is 17.1. The van der Waals surface area contributed by atoms with Gasteiger partial charge in [-0.3, -0.25) is 4.79 Å². The molecular formula is C23H22O5S. The van der Waals surface area contributed by atoms with Crippen LogP contribution in [-0.2, 0) is 19.4 Å². The first-order chi connectivity index (χ1) is 13.9. The smallest absolute Gasteiger partial charge is 0.293 e. The molecule has 0 fully saturated rings. The number of rotatable bonds is 8. The van der Waals surface area contributed by atoms with Crippen molar-refractivity contribution in [2.24, 2.45) is 0 Å². The molecule has 3 aromatic carbocycles. The monoisotopic (exact) mass is 410 g/mol. The van der Waals surface area contributed by atoms with Gasteiger partial charge in [0.15, 0.2) is 0 Å². The molecule has 0 atom stereocenters. The minimum absolute atomic E-state index is 0.0350. The summed E-state index contributed by atoms with van der Waals surface area (Å²) < 4.78 is 36.9. The molecule has 0 saturated heterocycles. The van der Waals surface area contributed by atoms with Gasteiger partial charge < -0.3 is 9.47 Å². The minimum Gasteiger partial charge on any atom is -0.489 e. The maximum absolute atomic E-state index is 13.3. The standard InChI is InChI=1S/C23H22O5S/c1-17-3-7-19(8-4-17)20-9-12-22(28-14-13-27-16-24)23(15-20)29(25,26)21-10-5-18(2)6-11-21/h3-12,15-16H,13-14H2,1-2H3. The van der Waals surface area contributed by atoms with E-state index in [0.29, 0.717) is 6.47 Å². The number of benzene rings is 3. The van der Waals surface area contributed by atoms with Crippen LogP contribution >= 0.6 is 0 Å². The number of carbonyl (C=O) groups is 1. The quantitative estimate of drug-likeness (QED) is 0.408. The van der Waals surface area contributed by atoms with Crippen LogP contribution in [0.4, 0.5) is 0 Å². The third kappa shape index (κ3) is 4.84. The number of carbonyl (C=O) groups excluding carboxylic acids is 1. The van der Waals surface area contributed by atoms with Crippen molar-refractivity contribution in [3.05, 3.63) is 77.9 Å². The van der Waals surface area contributed by atoms with E-state index in [1.165, 1.54) is 0 Å². The second kappa shape index (κ2) is 8.92. The van der Waals surface area contributed by atoms with Gasteiger partial charge >= 0.3 is 0 Å². The number of hydrogen-bond donors (Lipinski definition) is 0. The van der Waals surface area contributed by atoms with Crippen LogP contribution in [0.5, 0.6) is 5.75 Å². The van der Waals surface area contributed by atoms with E-state index in [2.05, 4.69) is 4.74 Å². The fourth-order valence-electron chi connectivity index (χ4n) is 2.86. The normalized spacial score (nSPS) is 11.1. The highest BCUT2D eigenvalue weighted by atomic mass is 32.2. The van der Waals surface area contributed by atoms with Gasteiger partial charge in [0.2, 0.25) is 9.84 Å². The van der Waals surface area contributed by atoms with Crippen LogP contribution in [0.3, 0.4) is 0 Å². The molecule has 29 heavy (non-hydrogen) atoms. The predicted octanol–water partition coefficient (Wildman–Crippen LogP) is 4.36. The van der Waals surface area contributed by atoms with Gasteiger partial charge in [-0.05, 0) is 49.2 Å². The van der Waals surface area contributed by atoms with E-state index in [0.717, 1.165) is 22.3 Å². The van der Waals surface area contributed by atoms with Gasteiger partial charge in [-0.15, -0.1) is 0 Å². The Morgan fingerprint density at radius 2 is 1.38 bits per heavy atom. The van der Waals surface area contributed by atoms with E-state index in [4.69, 9.17) is 4.74 Å². The third-order valence-corrected chi connectivity index (χ3v) is 6.27. The van der Waals surface area contributed by atoms with Crippen LogP contribution in [0.25, 0.3) is 11.1 Å². The maximum Gasteiger partial charge on any atom is 0.293 e. The predicted molar refractivity (Wildman–Crippen MR) is 111 cm³/mol. The van der Waals surface area contributed by atoms with Gasteiger partial charge in [0.25, 0.3) is 6.47 Å². The van der Waals surface area contributed by atoms with Crippen LogP contribution in [-0.4, -0.2) is 28.1 Å². The van der Waals surface area contributed by atoms with Crippen LogP contribution in [0.15, 0.2) is 76.5 Å². The van der Waals surface area contributed by atoms with E-state index in [1.54, 1.807) is 36.4 Å². The van der Waals surface area contributed by atoms with Gasteiger partial charge in [-0.2, -0.15) is 0 Å². The van der Waals surface area contributed by atoms with Gasteiger partial charge in [-0.25, -0.2) is 8.42 Å². The van der Waals surface area contributed by atoms with Crippen molar-refractivity contribution < 1.29 is 22.7 Å². The number of sulfone groups is 1. The van der Waals surface area contributed by atoms with Crippen molar-refractivity contribution in [1.29, 1.82) is 0 Å². The molecule has 6 heteroatoms. The molecule has 0 bridgehead atoms. The zero-order chi connectivity index (χ0) is 20.9. The number of ether oxygens (including phenoxy) is 2. The third-order valence-electron chi connectivity index (χ3n) is 4.48. The number of aryl methyl sites for hydroxylation is 2. The second-order valence-electron chi connectivity index (χ2n) is 6.66. The molecule has 0 aliphatic rings. The second-order valence-corrected chi connectivity index (χ2v) is 8.58. The van der Waals surface area contributed by atoms with Crippen LogP contribution in [0.1, 0.15) is 11.1 Å². The molecule has 0 aliphatic carbocycles. The summed E-state index contributed by atoms with van der Waals surface area (Å²) in [6.45, 7) is 4.31. The van der Waals surface area contributed by atoms with Crippen LogP contribution < -0.4 is 4.74 Å². The van der Waals surface area contributed by atoms with E-state index in [9.17, 15) is 13.2 Å². The Labute approximate surface area is 170 Å². The fourth-order valence-corrected chi connectivity index (χ4v) is 4.28. The van der Waals surface area contributed by atoms with Crippen LogP contribution in [0, 0.1) is 13.8 Å². The lowest BCUT2D eigenvalue weighted by Gasteiger charge is -2.14. The fraction of sp³-hybridized carbons (Fsp3) is 0.174. The lowest BCUT2D eigenvalue weighted by atomic mass is 10.0. The molecule has 0 unspecified atom stereocenters. The van der Waals surface area contributed by atoms with Gasteiger partial charge in [0, 0.05) is 0 Å². The Morgan fingerprint density at radius 1 is 0.793 bits per heavy atom. The molecule has 0 N–H and O–H groups in total. The summed E-state index contributed by atoms with van der Waals surface area (Å²) in [6.07, 6.45) is 0. The highest BCUT2D eigenvalue weighted by Crippen LogP contribution is 2.34. The topological polar surface area (TPSA) is 69.7 Å². The molecule has 0 radical (unpaired) electrons. The Bertz CT molecular complexity index is 1090. The molecule has 0 saturated carbocycles. The molecule has 150 valence electrons. The SMILES string of the molecule is Cc1ccc(-c2ccc(OCCOC=O)c(S(=O)(=O)c3ccc(C)cc3)c2)cc1. The Balaban J connectivity index is 2.06. The van der Waals surface area contributed by atoms with Crippen molar-refractivity contribution in [2.45, 2.75) is 23.6 Å². The average Bonchev–Trinajstić information content (AvgIpc) is 2.72. The highest BCUT2D eigenvalue weighted by molar-refractivity contribution is 7.91. The summed E-state index contributed by atoms with van der Waals surface area (Å²) in [6, 6.07) is 19.6. The molecule has 0 heterocycles. The lowest BCUT2D eigenvalue weighted by Crippen LogP contribution is -2.10. The average molecular weight is 410 g/mol. The van der Waals surface area contributed by atoms with Crippen molar-refractivity contribution in [3.63, 3.8) is 0 Å². The molecule has 0 aliphatic heterocycles. The highest BCUT2D eigenvalue weighted by Gasteiger charge is 2.23. The van der Waals surface area contributed by atoms with Gasteiger partial charge in [0.1, 0.15) is 23.9 Å². The van der Waals surface area contributed by atoms with E-state index in [-0.39, 0.29) is 28.8 Å². The van der Waals surface area contributed by atoms with Crippen LogP contribution in [0.2, 0.25) is 0 Å². The molecule has 5 nitrogen and oxygen atoms in total. The number of hydrogen-bond acceptors (Lipinski definition) is 5. The Hall–Kier alpha value is -3.12. The van der Waals surface area contributed by atoms with Gasteiger partial charge in [-0.1, -0.05) is 53.6 Å². The summed E-state index contributed by atoms with van der Waals surface area (Å²) in [7, 11) is -3.80. The maximum atomic E-state index is 13.3.